The summed E-state index contributed by atoms with van der Waals surface area (Å²) in [6, 6.07) is 1.77. The van der Waals surface area contributed by atoms with E-state index in [-0.39, 0.29) is 12.0 Å². The molecule has 0 bridgehead atoms. The molecule has 22 heavy (non-hydrogen) atoms. The number of carbonyl (C=O) groups excluding carboxylic acids is 1. The Morgan fingerprint density at radius 3 is 3.14 bits per heavy atom. The molecular weight excluding hydrogens is 282 g/mol. The molecule has 1 aliphatic rings. The predicted molar refractivity (Wildman–Crippen MR) is 79.1 cm³/mol. The molecule has 1 fully saturated rings. The second-order valence-corrected chi connectivity index (χ2v) is 5.20. The average molecular weight is 301 g/mol. The summed E-state index contributed by atoms with van der Waals surface area (Å²) >= 11 is 0. The summed E-state index contributed by atoms with van der Waals surface area (Å²) < 4.78 is 7.50. The summed E-state index contributed by atoms with van der Waals surface area (Å²) in [4.78, 5) is 22.6. The molecule has 0 aromatic carbocycles. The molecule has 2 aromatic heterocycles. The first-order valence-corrected chi connectivity index (χ1v) is 7.48. The molecule has 116 valence electrons. The summed E-state index contributed by atoms with van der Waals surface area (Å²) in [6.45, 7) is 4.42. The van der Waals surface area contributed by atoms with Crippen LogP contribution in [0.2, 0.25) is 0 Å². The number of rotatable bonds is 4. The third-order valence-corrected chi connectivity index (χ3v) is 3.58. The van der Waals surface area contributed by atoms with E-state index in [2.05, 4.69) is 22.0 Å². The maximum Gasteiger partial charge on any atom is 0.274 e. The maximum atomic E-state index is 12.6. The highest BCUT2D eigenvalue weighted by molar-refractivity contribution is 5.92. The molecule has 7 heteroatoms. The Hall–Kier alpha value is -2.28. The highest BCUT2D eigenvalue weighted by Crippen LogP contribution is 2.20. The number of carbonyl (C=O) groups is 1. The van der Waals surface area contributed by atoms with E-state index in [0.29, 0.717) is 25.4 Å². The minimum Gasteiger partial charge on any atom is -0.368 e. The standard InChI is InChI=1S/C15H19N5O2/c1-2-6-20-7-3-12(18-20)15(21)19-8-9-22-14(11-19)13-10-16-4-5-17-13/h3-5,7,10,14H,2,6,8-9,11H2,1H3/t14-/m0/s1. The van der Waals surface area contributed by atoms with E-state index in [9.17, 15) is 4.79 Å². The molecule has 0 N–H and O–H groups in total. The number of aromatic nitrogens is 4. The highest BCUT2D eigenvalue weighted by Gasteiger charge is 2.28. The molecule has 1 amide bonds. The minimum absolute atomic E-state index is 0.0629. The van der Waals surface area contributed by atoms with Crippen LogP contribution in [0.25, 0.3) is 0 Å². The van der Waals surface area contributed by atoms with Gasteiger partial charge in [-0.3, -0.25) is 19.4 Å². The van der Waals surface area contributed by atoms with Gasteiger partial charge in [0.05, 0.1) is 25.0 Å². The molecule has 0 radical (unpaired) electrons. The van der Waals surface area contributed by atoms with Gasteiger partial charge in [-0.1, -0.05) is 6.92 Å². The molecule has 1 saturated heterocycles. The van der Waals surface area contributed by atoms with Gasteiger partial charge in [-0.15, -0.1) is 0 Å². The van der Waals surface area contributed by atoms with Gasteiger partial charge in [0.2, 0.25) is 0 Å². The molecule has 3 rings (SSSR count). The molecule has 0 unspecified atom stereocenters. The van der Waals surface area contributed by atoms with Crippen LogP contribution in [0.3, 0.4) is 0 Å². The Bertz CT molecular complexity index is 628. The van der Waals surface area contributed by atoms with E-state index in [1.807, 2.05) is 6.20 Å². The van der Waals surface area contributed by atoms with Crippen LogP contribution in [0.4, 0.5) is 0 Å². The fraction of sp³-hybridized carbons (Fsp3) is 0.467. The number of morpholine rings is 1. The third kappa shape index (κ3) is 3.14. The first-order chi connectivity index (χ1) is 10.8. The van der Waals surface area contributed by atoms with Crippen LogP contribution in [-0.2, 0) is 11.3 Å². The Kier molecular flexibility index (Phi) is 4.43. The molecule has 7 nitrogen and oxygen atoms in total. The molecule has 0 saturated carbocycles. The van der Waals surface area contributed by atoms with Gasteiger partial charge < -0.3 is 9.64 Å². The van der Waals surface area contributed by atoms with Gasteiger partial charge in [0, 0.05) is 31.7 Å². The molecule has 0 spiro atoms. The molecule has 1 aliphatic heterocycles. The minimum atomic E-state index is -0.232. The first-order valence-electron chi connectivity index (χ1n) is 7.48. The van der Waals surface area contributed by atoms with Gasteiger partial charge in [0.15, 0.2) is 0 Å². The summed E-state index contributed by atoms with van der Waals surface area (Å²) in [5, 5.41) is 4.33. The van der Waals surface area contributed by atoms with Crippen molar-refractivity contribution in [1.29, 1.82) is 0 Å². The lowest BCUT2D eigenvalue weighted by molar-refractivity contribution is -0.0251. The van der Waals surface area contributed by atoms with Crippen LogP contribution in [0.15, 0.2) is 30.9 Å². The smallest absolute Gasteiger partial charge is 0.274 e. The van der Waals surface area contributed by atoms with E-state index in [0.717, 1.165) is 18.7 Å². The van der Waals surface area contributed by atoms with Crippen LogP contribution < -0.4 is 0 Å². The van der Waals surface area contributed by atoms with E-state index in [4.69, 9.17) is 4.74 Å². The summed E-state index contributed by atoms with van der Waals surface area (Å²) in [5.74, 6) is -0.0629. The average Bonchev–Trinajstić information content (AvgIpc) is 3.04. The van der Waals surface area contributed by atoms with Gasteiger partial charge in [-0.05, 0) is 12.5 Å². The number of ether oxygens (including phenoxy) is 1. The normalized spacial score (nSPS) is 18.4. The van der Waals surface area contributed by atoms with Crippen molar-refractivity contribution in [3.63, 3.8) is 0 Å². The number of nitrogens with zero attached hydrogens (tertiary/aromatic N) is 5. The van der Waals surface area contributed by atoms with E-state index in [1.54, 1.807) is 34.2 Å². The molecule has 2 aromatic rings. The van der Waals surface area contributed by atoms with Crippen LogP contribution in [0.5, 0.6) is 0 Å². The van der Waals surface area contributed by atoms with E-state index < -0.39 is 0 Å². The predicted octanol–water partition coefficient (Wildman–Crippen LogP) is 1.30. The summed E-state index contributed by atoms with van der Waals surface area (Å²) in [6.07, 6.45) is 7.53. The van der Waals surface area contributed by atoms with Crippen molar-refractivity contribution in [3.05, 3.63) is 42.2 Å². The molecule has 3 heterocycles. The first kappa shape index (κ1) is 14.6. The fourth-order valence-corrected chi connectivity index (χ4v) is 2.48. The van der Waals surface area contributed by atoms with Crippen molar-refractivity contribution in [2.75, 3.05) is 19.7 Å². The lowest BCUT2D eigenvalue weighted by atomic mass is 10.2. The molecule has 0 aliphatic carbocycles. The zero-order chi connectivity index (χ0) is 15.4. The largest absolute Gasteiger partial charge is 0.368 e. The number of aryl methyl sites for hydroxylation is 1. The van der Waals surface area contributed by atoms with Gasteiger partial charge in [-0.2, -0.15) is 5.10 Å². The van der Waals surface area contributed by atoms with Gasteiger partial charge in [0.25, 0.3) is 5.91 Å². The SMILES string of the molecule is CCCn1ccc(C(=O)N2CCO[C@H](c3cnccn3)C2)n1. The Morgan fingerprint density at radius 2 is 2.36 bits per heavy atom. The summed E-state index contributed by atoms with van der Waals surface area (Å²) in [7, 11) is 0. The maximum absolute atomic E-state index is 12.6. The van der Waals surface area contributed by atoms with Crippen molar-refractivity contribution in [2.24, 2.45) is 0 Å². The number of hydrogen-bond donors (Lipinski definition) is 0. The number of hydrogen-bond acceptors (Lipinski definition) is 5. The monoisotopic (exact) mass is 301 g/mol. The second kappa shape index (κ2) is 6.65. The topological polar surface area (TPSA) is 73.1 Å². The zero-order valence-corrected chi connectivity index (χ0v) is 12.6. The van der Waals surface area contributed by atoms with Gasteiger partial charge >= 0.3 is 0 Å². The fourth-order valence-electron chi connectivity index (χ4n) is 2.48. The van der Waals surface area contributed by atoms with Crippen molar-refractivity contribution in [3.8, 4) is 0 Å². The molecule has 1 atom stereocenters. The van der Waals surface area contributed by atoms with Crippen LogP contribution in [0, 0.1) is 0 Å². The quantitative estimate of drug-likeness (QED) is 0.851. The van der Waals surface area contributed by atoms with Gasteiger partial charge in [0.1, 0.15) is 11.8 Å². The van der Waals surface area contributed by atoms with Crippen LogP contribution in [0.1, 0.15) is 35.6 Å². The Balaban J connectivity index is 1.69. The van der Waals surface area contributed by atoms with Crippen molar-refractivity contribution < 1.29 is 9.53 Å². The van der Waals surface area contributed by atoms with Crippen molar-refractivity contribution >= 4 is 5.91 Å². The second-order valence-electron chi connectivity index (χ2n) is 5.20. The van der Waals surface area contributed by atoms with Crippen molar-refractivity contribution in [2.45, 2.75) is 26.0 Å². The van der Waals surface area contributed by atoms with E-state index >= 15 is 0 Å². The Morgan fingerprint density at radius 1 is 1.45 bits per heavy atom. The lowest BCUT2D eigenvalue weighted by Gasteiger charge is -2.32. The lowest BCUT2D eigenvalue weighted by Crippen LogP contribution is -2.42. The summed E-state index contributed by atoms with van der Waals surface area (Å²) in [5.41, 5.74) is 1.23. The van der Waals surface area contributed by atoms with Crippen molar-refractivity contribution in [1.82, 2.24) is 24.6 Å². The van der Waals surface area contributed by atoms with Gasteiger partial charge in [-0.25, -0.2) is 0 Å². The van der Waals surface area contributed by atoms with E-state index in [1.165, 1.54) is 0 Å². The highest BCUT2D eigenvalue weighted by atomic mass is 16.5. The van der Waals surface area contributed by atoms with Crippen LogP contribution in [-0.4, -0.2) is 50.3 Å². The third-order valence-electron chi connectivity index (χ3n) is 3.58. The molecular formula is C15H19N5O2. The number of amides is 1. The Labute approximate surface area is 128 Å². The zero-order valence-electron chi connectivity index (χ0n) is 12.6. The van der Waals surface area contributed by atoms with Crippen LogP contribution >= 0.6 is 0 Å².